The van der Waals surface area contributed by atoms with E-state index in [-0.39, 0.29) is 10.8 Å². The van der Waals surface area contributed by atoms with Crippen LogP contribution in [0.4, 0.5) is 0 Å². The second-order valence-corrected chi connectivity index (χ2v) is 9.70. The summed E-state index contributed by atoms with van der Waals surface area (Å²) in [5.41, 5.74) is 6.66. The first kappa shape index (κ1) is 17.6. The maximum absolute atomic E-state index is 2.53. The molecule has 0 N–H and O–H groups in total. The Bertz CT molecular complexity index is 479. The van der Waals surface area contributed by atoms with E-state index in [0.717, 1.165) is 11.8 Å². The molecule has 1 aromatic rings. The molecule has 22 heavy (non-hydrogen) atoms. The summed E-state index contributed by atoms with van der Waals surface area (Å²) >= 11 is 0. The fourth-order valence-electron chi connectivity index (χ4n) is 4.12. The minimum Gasteiger partial charge on any atom is -0.0625 e. The second kappa shape index (κ2) is 6.02. The van der Waals surface area contributed by atoms with E-state index in [9.17, 15) is 0 Å². The van der Waals surface area contributed by atoms with E-state index in [0.29, 0.717) is 0 Å². The average Bonchev–Trinajstić information content (AvgIpc) is 2.37. The Balaban J connectivity index is 2.51. The van der Waals surface area contributed by atoms with Gasteiger partial charge in [0.2, 0.25) is 0 Å². The topological polar surface area (TPSA) is 0 Å². The molecule has 0 radical (unpaired) electrons. The molecule has 0 heterocycles. The zero-order valence-corrected chi connectivity index (χ0v) is 16.1. The van der Waals surface area contributed by atoms with E-state index in [1.54, 1.807) is 16.7 Å². The summed E-state index contributed by atoms with van der Waals surface area (Å²) in [6.45, 7) is 18.9. The largest absolute Gasteiger partial charge is 0.0625 e. The van der Waals surface area contributed by atoms with Gasteiger partial charge >= 0.3 is 0 Å². The van der Waals surface area contributed by atoms with Crippen molar-refractivity contribution in [3.05, 3.63) is 34.4 Å². The number of rotatable bonds is 1. The molecular formula is C22H36. The highest BCUT2D eigenvalue weighted by molar-refractivity contribution is 5.46. The van der Waals surface area contributed by atoms with Crippen molar-refractivity contribution >= 4 is 0 Å². The van der Waals surface area contributed by atoms with Crippen molar-refractivity contribution in [2.45, 2.75) is 97.8 Å². The Morgan fingerprint density at radius 2 is 1.18 bits per heavy atom. The molecule has 0 aliphatic heterocycles. The summed E-state index contributed by atoms with van der Waals surface area (Å²) in [4.78, 5) is 0. The zero-order valence-electron chi connectivity index (χ0n) is 16.1. The molecular weight excluding hydrogens is 264 g/mol. The first-order chi connectivity index (χ1) is 10.00. The molecule has 0 atom stereocenters. The van der Waals surface area contributed by atoms with Gasteiger partial charge in [0.1, 0.15) is 0 Å². The predicted molar refractivity (Wildman–Crippen MR) is 99.0 cm³/mol. The molecule has 0 spiro atoms. The van der Waals surface area contributed by atoms with Gasteiger partial charge in [-0.1, -0.05) is 73.4 Å². The maximum atomic E-state index is 2.53. The molecule has 0 nitrogen and oxygen atoms in total. The summed E-state index contributed by atoms with van der Waals surface area (Å²) in [7, 11) is 0. The van der Waals surface area contributed by atoms with Crippen molar-refractivity contribution in [2.24, 2.45) is 5.92 Å². The maximum Gasteiger partial charge on any atom is -0.0129 e. The van der Waals surface area contributed by atoms with Crippen molar-refractivity contribution in [3.63, 3.8) is 0 Å². The normalized spacial score (nSPS) is 23.6. The van der Waals surface area contributed by atoms with Crippen LogP contribution >= 0.6 is 0 Å². The van der Waals surface area contributed by atoms with Crippen LogP contribution in [0.15, 0.2) is 12.1 Å². The van der Waals surface area contributed by atoms with Crippen LogP contribution < -0.4 is 0 Å². The molecule has 0 saturated heterocycles. The molecule has 1 fully saturated rings. The molecule has 0 amide bonds. The van der Waals surface area contributed by atoms with Crippen LogP contribution in [0, 0.1) is 12.8 Å². The fraction of sp³-hybridized carbons (Fsp3) is 0.727. The summed E-state index contributed by atoms with van der Waals surface area (Å²) in [5, 5.41) is 0. The van der Waals surface area contributed by atoms with Crippen LogP contribution in [-0.4, -0.2) is 0 Å². The van der Waals surface area contributed by atoms with Crippen molar-refractivity contribution in [2.75, 3.05) is 0 Å². The Labute approximate surface area is 138 Å². The van der Waals surface area contributed by atoms with Crippen LogP contribution in [0.3, 0.4) is 0 Å². The lowest BCUT2D eigenvalue weighted by Gasteiger charge is -2.33. The van der Waals surface area contributed by atoms with Gasteiger partial charge in [-0.05, 0) is 64.7 Å². The molecule has 0 aromatic heterocycles. The van der Waals surface area contributed by atoms with Crippen molar-refractivity contribution < 1.29 is 0 Å². The summed E-state index contributed by atoms with van der Waals surface area (Å²) in [5.74, 6) is 1.70. The Kier molecular flexibility index (Phi) is 4.81. The highest BCUT2D eigenvalue weighted by atomic mass is 14.3. The monoisotopic (exact) mass is 300 g/mol. The molecule has 124 valence electrons. The van der Waals surface area contributed by atoms with Crippen molar-refractivity contribution in [1.82, 2.24) is 0 Å². The lowest BCUT2D eigenvalue weighted by Crippen LogP contribution is -2.21. The Morgan fingerprint density at radius 1 is 0.773 bits per heavy atom. The highest BCUT2D eigenvalue weighted by Gasteiger charge is 2.27. The van der Waals surface area contributed by atoms with E-state index in [4.69, 9.17) is 0 Å². The summed E-state index contributed by atoms with van der Waals surface area (Å²) in [6.07, 6.45) is 5.54. The van der Waals surface area contributed by atoms with Gasteiger partial charge in [-0.25, -0.2) is 0 Å². The molecule has 0 bridgehead atoms. The van der Waals surface area contributed by atoms with Gasteiger partial charge in [-0.2, -0.15) is 0 Å². The van der Waals surface area contributed by atoms with Crippen LogP contribution in [0.5, 0.6) is 0 Å². The average molecular weight is 301 g/mol. The van der Waals surface area contributed by atoms with Crippen molar-refractivity contribution in [1.29, 1.82) is 0 Å². The van der Waals surface area contributed by atoms with Gasteiger partial charge in [0.15, 0.2) is 0 Å². The molecule has 1 saturated carbocycles. The van der Waals surface area contributed by atoms with E-state index in [1.807, 2.05) is 0 Å². The first-order valence-corrected chi connectivity index (χ1v) is 9.15. The van der Waals surface area contributed by atoms with Gasteiger partial charge in [-0.15, -0.1) is 0 Å². The SMILES string of the molecule is Cc1c(C(C)(C)C)cc(C2CCC(C)CC2)cc1C(C)(C)C. The number of hydrogen-bond donors (Lipinski definition) is 0. The Morgan fingerprint density at radius 3 is 1.55 bits per heavy atom. The van der Waals surface area contributed by atoms with Crippen LogP contribution in [-0.2, 0) is 10.8 Å². The van der Waals surface area contributed by atoms with E-state index < -0.39 is 0 Å². The van der Waals surface area contributed by atoms with E-state index >= 15 is 0 Å². The van der Waals surface area contributed by atoms with Crippen LogP contribution in [0.1, 0.15) is 102 Å². The Hall–Kier alpha value is -0.780. The summed E-state index contributed by atoms with van der Waals surface area (Å²) < 4.78 is 0. The fourth-order valence-corrected chi connectivity index (χ4v) is 4.12. The smallest absolute Gasteiger partial charge is 0.0129 e. The molecule has 1 aromatic carbocycles. The molecule has 0 unspecified atom stereocenters. The third-order valence-corrected chi connectivity index (χ3v) is 5.53. The van der Waals surface area contributed by atoms with E-state index in [1.165, 1.54) is 31.2 Å². The quantitative estimate of drug-likeness (QED) is 0.530. The van der Waals surface area contributed by atoms with Gasteiger partial charge in [0.05, 0.1) is 0 Å². The minimum atomic E-state index is 0.224. The molecule has 0 heteroatoms. The van der Waals surface area contributed by atoms with Crippen LogP contribution in [0.25, 0.3) is 0 Å². The standard InChI is InChI=1S/C22H36/c1-15-9-11-17(12-10-15)18-13-19(21(3,4)5)16(2)20(14-18)22(6,7)8/h13-15,17H,9-12H2,1-8H3. The van der Waals surface area contributed by atoms with Gasteiger partial charge in [0.25, 0.3) is 0 Å². The minimum absolute atomic E-state index is 0.224. The van der Waals surface area contributed by atoms with Gasteiger partial charge in [0, 0.05) is 0 Å². The van der Waals surface area contributed by atoms with Crippen molar-refractivity contribution in [3.8, 4) is 0 Å². The second-order valence-electron chi connectivity index (χ2n) is 9.70. The first-order valence-electron chi connectivity index (χ1n) is 9.15. The lowest BCUT2D eigenvalue weighted by molar-refractivity contribution is 0.347. The van der Waals surface area contributed by atoms with Crippen LogP contribution in [0.2, 0.25) is 0 Å². The molecule has 1 aliphatic rings. The molecule has 2 rings (SSSR count). The predicted octanol–water partition coefficient (Wildman–Crippen LogP) is 6.88. The third-order valence-electron chi connectivity index (χ3n) is 5.53. The summed E-state index contributed by atoms with van der Waals surface area (Å²) in [6, 6.07) is 5.07. The third kappa shape index (κ3) is 3.76. The van der Waals surface area contributed by atoms with Gasteiger partial charge < -0.3 is 0 Å². The van der Waals surface area contributed by atoms with Gasteiger partial charge in [-0.3, -0.25) is 0 Å². The number of benzene rings is 1. The number of hydrogen-bond acceptors (Lipinski definition) is 0. The van der Waals surface area contributed by atoms with E-state index in [2.05, 4.69) is 67.5 Å². The molecule has 1 aliphatic carbocycles. The highest BCUT2D eigenvalue weighted by Crippen LogP contribution is 2.41. The lowest BCUT2D eigenvalue weighted by atomic mass is 9.72. The zero-order chi connectivity index (χ0) is 16.7.